The third kappa shape index (κ3) is 3.08. The van der Waals surface area contributed by atoms with E-state index in [4.69, 9.17) is 4.74 Å². The molecule has 3 nitrogen and oxygen atoms in total. The van der Waals surface area contributed by atoms with Crippen LogP contribution in [0.15, 0.2) is 18.2 Å². The molecular weight excluding hydrogens is 214 g/mol. The monoisotopic (exact) mass is 229 g/mol. The van der Waals surface area contributed by atoms with Gasteiger partial charge in [-0.05, 0) is 43.1 Å². The van der Waals surface area contributed by atoms with Gasteiger partial charge in [-0.1, -0.05) is 12.0 Å². The van der Waals surface area contributed by atoms with E-state index < -0.39 is 5.97 Å². The van der Waals surface area contributed by atoms with Crippen molar-refractivity contribution in [3.05, 3.63) is 34.9 Å². The van der Waals surface area contributed by atoms with Crippen LogP contribution >= 0.6 is 0 Å². The van der Waals surface area contributed by atoms with Gasteiger partial charge in [0, 0.05) is 18.0 Å². The molecule has 0 bridgehead atoms. The normalized spacial score (nSPS) is 13.2. The first-order valence-corrected chi connectivity index (χ1v) is 5.81. The number of carbonyl (C=O) groups excluding carboxylic acids is 1. The summed E-state index contributed by atoms with van der Waals surface area (Å²) >= 11 is 0. The van der Waals surface area contributed by atoms with E-state index in [2.05, 4.69) is 23.2 Å². The highest BCUT2D eigenvalue weighted by molar-refractivity contribution is 5.89. The molecule has 0 fully saturated rings. The number of benzene rings is 1. The summed E-state index contributed by atoms with van der Waals surface area (Å²) in [5.74, 6) is 4.83. The maximum atomic E-state index is 11.1. The molecule has 0 saturated heterocycles. The molecule has 0 saturated carbocycles. The lowest BCUT2D eigenvalue weighted by Gasteiger charge is -2.16. The SMILES string of the molecule is CCOC(=O)C#Cc1ccc2c(c1)CNCC2. The molecule has 0 radical (unpaired) electrons. The Balaban J connectivity index is 2.14. The van der Waals surface area contributed by atoms with Crippen molar-refractivity contribution >= 4 is 5.97 Å². The molecule has 0 amide bonds. The molecule has 88 valence electrons. The van der Waals surface area contributed by atoms with Crippen LogP contribution in [0.5, 0.6) is 0 Å². The third-order valence-electron chi connectivity index (χ3n) is 2.68. The maximum absolute atomic E-state index is 11.1. The molecule has 0 aromatic heterocycles. The first kappa shape index (κ1) is 11.7. The van der Waals surface area contributed by atoms with Crippen molar-refractivity contribution in [2.45, 2.75) is 19.9 Å². The van der Waals surface area contributed by atoms with E-state index in [0.717, 1.165) is 25.1 Å². The lowest BCUT2D eigenvalue weighted by Crippen LogP contribution is -2.23. The number of ether oxygens (including phenoxy) is 1. The lowest BCUT2D eigenvalue weighted by molar-refractivity contribution is -0.136. The van der Waals surface area contributed by atoms with Crippen molar-refractivity contribution in [1.82, 2.24) is 5.32 Å². The van der Waals surface area contributed by atoms with Crippen LogP contribution in [-0.4, -0.2) is 19.1 Å². The summed E-state index contributed by atoms with van der Waals surface area (Å²) in [6.07, 6.45) is 1.06. The van der Waals surface area contributed by atoms with Crippen molar-refractivity contribution in [3.63, 3.8) is 0 Å². The van der Waals surface area contributed by atoms with Crippen LogP contribution < -0.4 is 5.32 Å². The number of fused-ring (bicyclic) bond motifs is 1. The van der Waals surface area contributed by atoms with Gasteiger partial charge in [0.1, 0.15) is 0 Å². The number of rotatable bonds is 1. The Morgan fingerprint density at radius 1 is 1.47 bits per heavy atom. The smallest absolute Gasteiger partial charge is 0.384 e. The molecule has 1 aromatic carbocycles. The van der Waals surface area contributed by atoms with Crippen LogP contribution in [0.25, 0.3) is 0 Å². The first-order valence-electron chi connectivity index (χ1n) is 5.81. The number of nitrogens with one attached hydrogen (secondary N) is 1. The molecule has 1 aliphatic rings. The maximum Gasteiger partial charge on any atom is 0.384 e. The summed E-state index contributed by atoms with van der Waals surface area (Å²) in [6.45, 7) is 4.04. The van der Waals surface area contributed by atoms with Gasteiger partial charge in [0.05, 0.1) is 6.61 Å². The second-order valence-electron chi connectivity index (χ2n) is 3.88. The van der Waals surface area contributed by atoms with Gasteiger partial charge in [0.15, 0.2) is 0 Å². The highest BCUT2D eigenvalue weighted by Crippen LogP contribution is 2.15. The molecule has 1 N–H and O–H groups in total. The Morgan fingerprint density at radius 3 is 3.18 bits per heavy atom. The summed E-state index contributed by atoms with van der Waals surface area (Å²) in [4.78, 5) is 11.1. The van der Waals surface area contributed by atoms with Crippen molar-refractivity contribution in [2.75, 3.05) is 13.2 Å². The van der Waals surface area contributed by atoms with Gasteiger partial charge in [-0.25, -0.2) is 4.79 Å². The minimum Gasteiger partial charge on any atom is -0.456 e. The molecule has 17 heavy (non-hydrogen) atoms. The van der Waals surface area contributed by atoms with Crippen molar-refractivity contribution in [3.8, 4) is 11.8 Å². The van der Waals surface area contributed by atoms with E-state index >= 15 is 0 Å². The lowest BCUT2D eigenvalue weighted by atomic mass is 9.99. The van der Waals surface area contributed by atoms with E-state index in [1.54, 1.807) is 6.92 Å². The van der Waals surface area contributed by atoms with Crippen LogP contribution in [0.3, 0.4) is 0 Å². The van der Waals surface area contributed by atoms with Gasteiger partial charge < -0.3 is 10.1 Å². The quantitative estimate of drug-likeness (QED) is 0.582. The van der Waals surface area contributed by atoms with E-state index in [-0.39, 0.29) is 0 Å². The summed E-state index contributed by atoms with van der Waals surface area (Å²) in [5, 5.41) is 3.31. The molecule has 1 aromatic rings. The molecule has 0 atom stereocenters. The van der Waals surface area contributed by atoms with Crippen LogP contribution in [0, 0.1) is 11.8 Å². The van der Waals surface area contributed by atoms with Crippen LogP contribution in [0.2, 0.25) is 0 Å². The first-order chi connectivity index (χ1) is 8.29. The highest BCUT2D eigenvalue weighted by Gasteiger charge is 2.07. The molecule has 0 spiro atoms. The molecule has 1 aliphatic heterocycles. The average Bonchev–Trinajstić information content (AvgIpc) is 2.36. The number of esters is 1. The van der Waals surface area contributed by atoms with Crippen molar-refractivity contribution in [2.24, 2.45) is 0 Å². The number of hydrogen-bond acceptors (Lipinski definition) is 3. The van der Waals surface area contributed by atoms with E-state index in [0.29, 0.717) is 6.61 Å². The van der Waals surface area contributed by atoms with Gasteiger partial charge in [-0.15, -0.1) is 0 Å². The summed E-state index contributed by atoms with van der Waals surface area (Å²) in [5.41, 5.74) is 3.50. The molecule has 0 aliphatic carbocycles. The van der Waals surface area contributed by atoms with E-state index in [1.807, 2.05) is 12.1 Å². The van der Waals surface area contributed by atoms with Gasteiger partial charge in [-0.2, -0.15) is 0 Å². The van der Waals surface area contributed by atoms with Crippen molar-refractivity contribution in [1.29, 1.82) is 0 Å². The molecular formula is C14H15NO2. The third-order valence-corrected chi connectivity index (χ3v) is 2.68. The van der Waals surface area contributed by atoms with E-state index in [9.17, 15) is 4.79 Å². The number of carbonyl (C=O) groups is 1. The minimum absolute atomic E-state index is 0.363. The van der Waals surface area contributed by atoms with E-state index in [1.165, 1.54) is 11.1 Å². The van der Waals surface area contributed by atoms with Crippen molar-refractivity contribution < 1.29 is 9.53 Å². The van der Waals surface area contributed by atoms with Gasteiger partial charge in [0.2, 0.25) is 0 Å². The molecule has 3 heteroatoms. The summed E-state index contributed by atoms with van der Waals surface area (Å²) < 4.78 is 4.75. The Kier molecular flexibility index (Phi) is 3.79. The predicted octanol–water partition coefficient (Wildman–Crippen LogP) is 1.25. The Labute approximate surface area is 101 Å². The minimum atomic E-state index is -0.469. The predicted molar refractivity (Wildman–Crippen MR) is 65.4 cm³/mol. The Bertz CT molecular complexity index is 483. The zero-order chi connectivity index (χ0) is 12.1. The fraction of sp³-hybridized carbons (Fsp3) is 0.357. The second kappa shape index (κ2) is 5.51. The zero-order valence-electron chi connectivity index (χ0n) is 9.88. The zero-order valence-corrected chi connectivity index (χ0v) is 9.88. The Morgan fingerprint density at radius 2 is 2.35 bits per heavy atom. The van der Waals surface area contributed by atoms with Gasteiger partial charge >= 0.3 is 5.97 Å². The van der Waals surface area contributed by atoms with Gasteiger partial charge in [-0.3, -0.25) is 0 Å². The molecule has 1 heterocycles. The van der Waals surface area contributed by atoms with Crippen LogP contribution in [-0.2, 0) is 22.5 Å². The van der Waals surface area contributed by atoms with Crippen LogP contribution in [0.4, 0.5) is 0 Å². The molecule has 2 rings (SSSR count). The standard InChI is InChI=1S/C14H15NO2/c1-2-17-14(16)6-4-11-3-5-12-7-8-15-10-13(12)9-11/h3,5,9,15H,2,7-8,10H2,1H3. The topological polar surface area (TPSA) is 38.3 Å². The summed E-state index contributed by atoms with van der Waals surface area (Å²) in [6, 6.07) is 6.08. The number of hydrogen-bond donors (Lipinski definition) is 1. The fourth-order valence-corrected chi connectivity index (χ4v) is 1.85. The Hall–Kier alpha value is -1.79. The molecule has 0 unspecified atom stereocenters. The van der Waals surface area contributed by atoms with Crippen LogP contribution in [0.1, 0.15) is 23.6 Å². The van der Waals surface area contributed by atoms with Gasteiger partial charge in [0.25, 0.3) is 0 Å². The average molecular weight is 229 g/mol. The largest absolute Gasteiger partial charge is 0.456 e. The summed E-state index contributed by atoms with van der Waals surface area (Å²) in [7, 11) is 0. The highest BCUT2D eigenvalue weighted by atomic mass is 16.5. The second-order valence-corrected chi connectivity index (χ2v) is 3.88. The fourth-order valence-electron chi connectivity index (χ4n) is 1.85.